The molecule has 3 nitrogen and oxygen atoms in total. The zero-order chi connectivity index (χ0) is 14.6. The summed E-state index contributed by atoms with van der Waals surface area (Å²) in [6.45, 7) is 0. The Kier molecular flexibility index (Phi) is 4.89. The minimum atomic E-state index is -5.01. The van der Waals surface area contributed by atoms with Crippen LogP contribution in [0.1, 0.15) is 23.2 Å². The zero-order valence-electron chi connectivity index (χ0n) is 9.14. The number of hydrogen-bond acceptors (Lipinski definition) is 3. The quantitative estimate of drug-likeness (QED) is 0.629. The van der Waals surface area contributed by atoms with Crippen LogP contribution in [0.25, 0.3) is 0 Å². The monoisotopic (exact) mass is 300 g/mol. The Labute approximate surface area is 109 Å². The maximum absolute atomic E-state index is 12.6. The second kappa shape index (κ2) is 6.02. The normalized spacial score (nSPS) is 11.5. The van der Waals surface area contributed by atoms with E-state index in [0.29, 0.717) is 6.20 Å². The first kappa shape index (κ1) is 15.4. The number of pyridine rings is 1. The molecule has 0 spiro atoms. The van der Waals surface area contributed by atoms with Crippen LogP contribution in [0, 0.1) is 11.3 Å². The number of ether oxygens (including phenoxy) is 1. The SMILES string of the molecule is N#CCc1c(OC(F)(F)F)cnc(C(F)F)c1CCl. The van der Waals surface area contributed by atoms with Crippen molar-refractivity contribution in [1.29, 1.82) is 5.26 Å². The molecule has 0 radical (unpaired) electrons. The molecule has 0 saturated carbocycles. The molecular formula is C10H6ClF5N2O. The van der Waals surface area contributed by atoms with Gasteiger partial charge in [-0.3, -0.25) is 4.98 Å². The molecule has 0 aliphatic rings. The van der Waals surface area contributed by atoms with Crippen LogP contribution in [-0.4, -0.2) is 11.3 Å². The number of rotatable bonds is 4. The van der Waals surface area contributed by atoms with Crippen molar-refractivity contribution in [3.63, 3.8) is 0 Å². The lowest BCUT2D eigenvalue weighted by Gasteiger charge is -2.16. The van der Waals surface area contributed by atoms with Gasteiger partial charge in [0.15, 0.2) is 5.75 Å². The van der Waals surface area contributed by atoms with E-state index in [2.05, 4.69) is 9.72 Å². The van der Waals surface area contributed by atoms with Crippen molar-refractivity contribution in [3.8, 4) is 11.8 Å². The highest BCUT2D eigenvalue weighted by atomic mass is 35.5. The smallest absolute Gasteiger partial charge is 0.404 e. The second-order valence-electron chi connectivity index (χ2n) is 3.28. The van der Waals surface area contributed by atoms with Crippen LogP contribution in [0.5, 0.6) is 5.75 Å². The van der Waals surface area contributed by atoms with Gasteiger partial charge in [0.25, 0.3) is 6.43 Å². The van der Waals surface area contributed by atoms with Crippen molar-refractivity contribution in [1.82, 2.24) is 4.98 Å². The Balaban J connectivity index is 3.37. The third-order valence-electron chi connectivity index (χ3n) is 2.11. The molecule has 0 N–H and O–H groups in total. The molecule has 1 rings (SSSR count). The molecule has 0 fully saturated rings. The third kappa shape index (κ3) is 3.92. The van der Waals surface area contributed by atoms with Crippen LogP contribution in [0.4, 0.5) is 22.0 Å². The lowest BCUT2D eigenvalue weighted by Crippen LogP contribution is -2.19. The van der Waals surface area contributed by atoms with Gasteiger partial charge in [0, 0.05) is 17.0 Å². The summed E-state index contributed by atoms with van der Waals surface area (Å²) in [6, 6.07) is 1.57. The number of alkyl halides is 6. The van der Waals surface area contributed by atoms with E-state index in [4.69, 9.17) is 16.9 Å². The summed E-state index contributed by atoms with van der Waals surface area (Å²) in [6.07, 6.45) is -8.05. The maximum Gasteiger partial charge on any atom is 0.573 e. The highest BCUT2D eigenvalue weighted by Crippen LogP contribution is 2.33. The minimum Gasteiger partial charge on any atom is -0.404 e. The Morgan fingerprint density at radius 3 is 2.42 bits per heavy atom. The number of nitrogens with zero attached hydrogens (tertiary/aromatic N) is 2. The molecule has 0 aliphatic carbocycles. The van der Waals surface area contributed by atoms with E-state index in [0.717, 1.165) is 0 Å². The molecule has 1 aromatic rings. The van der Waals surface area contributed by atoms with Gasteiger partial charge in [0.1, 0.15) is 5.69 Å². The van der Waals surface area contributed by atoms with Crippen LogP contribution >= 0.6 is 11.6 Å². The van der Waals surface area contributed by atoms with Crippen LogP contribution < -0.4 is 4.74 Å². The van der Waals surface area contributed by atoms with Crippen molar-refractivity contribution in [2.45, 2.75) is 25.1 Å². The summed E-state index contributed by atoms with van der Waals surface area (Å²) in [5.74, 6) is -1.30. The van der Waals surface area contributed by atoms with Gasteiger partial charge in [0.05, 0.1) is 18.7 Å². The molecule has 0 aromatic carbocycles. The number of halogens is 6. The van der Waals surface area contributed by atoms with Crippen LogP contribution in [0.15, 0.2) is 6.20 Å². The average Bonchev–Trinajstić information content (AvgIpc) is 2.28. The van der Waals surface area contributed by atoms with Gasteiger partial charge >= 0.3 is 6.36 Å². The second-order valence-corrected chi connectivity index (χ2v) is 3.55. The van der Waals surface area contributed by atoms with Gasteiger partial charge in [-0.2, -0.15) is 5.26 Å². The molecule has 104 valence electrons. The van der Waals surface area contributed by atoms with Crippen molar-refractivity contribution < 1.29 is 26.7 Å². The molecular weight excluding hydrogens is 295 g/mol. The van der Waals surface area contributed by atoms with Gasteiger partial charge in [-0.1, -0.05) is 0 Å². The Bertz CT molecular complexity index is 498. The van der Waals surface area contributed by atoms with Crippen LogP contribution in [-0.2, 0) is 12.3 Å². The largest absolute Gasteiger partial charge is 0.573 e. The minimum absolute atomic E-state index is 0.319. The first-order valence-electron chi connectivity index (χ1n) is 4.77. The molecule has 0 saturated heterocycles. The summed E-state index contributed by atoms with van der Waals surface area (Å²) in [5, 5.41) is 8.55. The van der Waals surface area contributed by atoms with E-state index in [9.17, 15) is 22.0 Å². The molecule has 0 bridgehead atoms. The van der Waals surface area contributed by atoms with E-state index >= 15 is 0 Å². The number of nitriles is 1. The molecule has 1 aromatic heterocycles. The molecule has 1 heterocycles. The summed E-state index contributed by atoms with van der Waals surface area (Å²) < 4.78 is 65.3. The van der Waals surface area contributed by atoms with Gasteiger partial charge in [-0.05, 0) is 0 Å². The van der Waals surface area contributed by atoms with Crippen molar-refractivity contribution in [2.75, 3.05) is 0 Å². The number of hydrogen-bond donors (Lipinski definition) is 0. The topological polar surface area (TPSA) is 45.9 Å². The summed E-state index contributed by atoms with van der Waals surface area (Å²) in [5.41, 5.74) is -1.41. The maximum atomic E-state index is 12.6. The fourth-order valence-electron chi connectivity index (χ4n) is 1.41. The number of aromatic nitrogens is 1. The van der Waals surface area contributed by atoms with E-state index in [1.807, 2.05) is 0 Å². The van der Waals surface area contributed by atoms with Gasteiger partial charge < -0.3 is 4.74 Å². The molecule has 0 atom stereocenters. The summed E-state index contributed by atoms with van der Waals surface area (Å²) in [7, 11) is 0. The Hall–Kier alpha value is -1.62. The summed E-state index contributed by atoms with van der Waals surface area (Å²) in [4.78, 5) is 3.21. The highest BCUT2D eigenvalue weighted by Gasteiger charge is 2.33. The van der Waals surface area contributed by atoms with Crippen molar-refractivity contribution >= 4 is 11.6 Å². The van der Waals surface area contributed by atoms with E-state index < -0.39 is 36.5 Å². The van der Waals surface area contributed by atoms with E-state index in [-0.39, 0.29) is 11.1 Å². The zero-order valence-corrected chi connectivity index (χ0v) is 9.90. The fourth-order valence-corrected chi connectivity index (χ4v) is 1.71. The predicted molar refractivity (Wildman–Crippen MR) is 54.8 cm³/mol. The standard InChI is InChI=1S/C10H6ClF5N2O/c11-3-6-5(1-2-17)7(19-10(14,15)16)4-18-8(6)9(12)13/h4,9H,1,3H2. The lowest BCUT2D eigenvalue weighted by atomic mass is 10.0. The van der Waals surface area contributed by atoms with Gasteiger partial charge in [0.2, 0.25) is 0 Å². The van der Waals surface area contributed by atoms with E-state index in [1.54, 1.807) is 6.07 Å². The van der Waals surface area contributed by atoms with E-state index in [1.165, 1.54) is 0 Å². The molecule has 19 heavy (non-hydrogen) atoms. The highest BCUT2D eigenvalue weighted by molar-refractivity contribution is 6.17. The third-order valence-corrected chi connectivity index (χ3v) is 2.38. The lowest BCUT2D eigenvalue weighted by molar-refractivity contribution is -0.275. The first-order chi connectivity index (χ1) is 8.80. The summed E-state index contributed by atoms with van der Waals surface area (Å²) >= 11 is 5.44. The van der Waals surface area contributed by atoms with Gasteiger partial charge in [-0.25, -0.2) is 8.78 Å². The molecule has 0 aliphatic heterocycles. The van der Waals surface area contributed by atoms with Crippen LogP contribution in [0.2, 0.25) is 0 Å². The Morgan fingerprint density at radius 2 is 2.00 bits per heavy atom. The molecule has 0 amide bonds. The Morgan fingerprint density at radius 1 is 1.37 bits per heavy atom. The molecule has 9 heteroatoms. The van der Waals surface area contributed by atoms with Crippen molar-refractivity contribution in [3.05, 3.63) is 23.0 Å². The fraction of sp³-hybridized carbons (Fsp3) is 0.400. The average molecular weight is 301 g/mol. The molecule has 0 unspecified atom stereocenters. The first-order valence-corrected chi connectivity index (χ1v) is 5.31. The predicted octanol–water partition coefficient (Wildman–Crippen LogP) is 3.72. The van der Waals surface area contributed by atoms with Crippen LogP contribution in [0.3, 0.4) is 0 Å². The van der Waals surface area contributed by atoms with Gasteiger partial charge in [-0.15, -0.1) is 24.8 Å². The van der Waals surface area contributed by atoms with Crippen molar-refractivity contribution in [2.24, 2.45) is 0 Å².